The van der Waals surface area contributed by atoms with Gasteiger partial charge in [-0.1, -0.05) is 54.9 Å². The zero-order valence-corrected chi connectivity index (χ0v) is 19.3. The Kier molecular flexibility index (Phi) is 6.97. The summed E-state index contributed by atoms with van der Waals surface area (Å²) in [6, 6.07) is 20.1. The number of benzene rings is 3. The average Bonchev–Trinajstić information content (AvgIpc) is 3.12. The molecule has 1 N–H and O–H groups in total. The van der Waals surface area contributed by atoms with Crippen molar-refractivity contribution in [3.05, 3.63) is 83.1 Å². The van der Waals surface area contributed by atoms with Gasteiger partial charge >= 0.3 is 0 Å². The van der Waals surface area contributed by atoms with E-state index in [1.807, 2.05) is 36.4 Å². The third-order valence-electron chi connectivity index (χ3n) is 4.62. The van der Waals surface area contributed by atoms with Crippen LogP contribution in [0.1, 0.15) is 12.5 Å². The van der Waals surface area contributed by atoms with Gasteiger partial charge in [0.2, 0.25) is 0 Å². The van der Waals surface area contributed by atoms with E-state index in [-0.39, 0.29) is 10.8 Å². The fourth-order valence-corrected chi connectivity index (χ4v) is 4.02. The summed E-state index contributed by atoms with van der Waals surface area (Å²) in [5.41, 5.74) is 3.63. The minimum absolute atomic E-state index is 0.170. The number of hydrogen-bond donors (Lipinski definition) is 1. The number of aryl methyl sites for hydroxylation is 1. The minimum Gasteiger partial charge on any atom is -0.346 e. The minimum atomic E-state index is -3.18. The van der Waals surface area contributed by atoms with Crippen molar-refractivity contribution >= 4 is 46.9 Å². The van der Waals surface area contributed by atoms with E-state index in [2.05, 4.69) is 21.1 Å². The predicted octanol–water partition coefficient (Wildman–Crippen LogP) is 5.78. The number of fused-ring (bicyclic) bond motifs is 1. The van der Waals surface area contributed by atoms with E-state index in [9.17, 15) is 12.8 Å². The third kappa shape index (κ3) is 5.48. The molecule has 3 aromatic carbocycles. The van der Waals surface area contributed by atoms with Crippen LogP contribution in [-0.4, -0.2) is 19.7 Å². The summed E-state index contributed by atoms with van der Waals surface area (Å²) >= 11 is 5.78. The maximum Gasteiger partial charge on any atom is 0.190 e. The molecule has 0 aliphatic rings. The summed E-state index contributed by atoms with van der Waals surface area (Å²) in [6.07, 6.45) is 2.17. The van der Waals surface area contributed by atoms with Crippen molar-refractivity contribution in [2.24, 2.45) is 0 Å². The lowest BCUT2D eigenvalue weighted by atomic mass is 10.0. The number of H-pyrrole nitrogens is 1. The Labute approximate surface area is 183 Å². The largest absolute Gasteiger partial charge is 0.346 e. The third-order valence-corrected chi connectivity index (χ3v) is 6.24. The lowest BCUT2D eigenvalue weighted by Crippen LogP contribution is -1.96. The van der Waals surface area contributed by atoms with Crippen LogP contribution in [0.15, 0.2) is 71.8 Å². The molecule has 1 aromatic heterocycles. The van der Waals surface area contributed by atoms with Gasteiger partial charge in [-0.3, -0.25) is 0 Å². The average molecular weight is 462 g/mol. The van der Waals surface area contributed by atoms with Crippen molar-refractivity contribution < 1.29 is 12.8 Å². The Morgan fingerprint density at radius 3 is 2.30 bits per heavy atom. The molecule has 156 valence electrons. The number of halogens is 2. The number of hydrogen-bond acceptors (Lipinski definition) is 2. The predicted molar refractivity (Wildman–Crippen MR) is 127 cm³/mol. The molecule has 0 aliphatic carbocycles. The first kappa shape index (κ1) is 22.5. The van der Waals surface area contributed by atoms with E-state index in [1.54, 1.807) is 24.3 Å². The maximum absolute atomic E-state index is 13.7. The summed E-state index contributed by atoms with van der Waals surface area (Å²) in [5, 5.41) is 2.48. The molecular formula is C23H22ClFNO2PS. The molecule has 0 saturated carbocycles. The van der Waals surface area contributed by atoms with Crippen molar-refractivity contribution in [2.45, 2.75) is 18.4 Å². The molecule has 4 rings (SSSR count). The molecule has 0 saturated heterocycles. The molecule has 0 radical (unpaired) electrons. The summed E-state index contributed by atoms with van der Waals surface area (Å²) in [6.45, 7) is 2.11. The number of aromatic amines is 1. The van der Waals surface area contributed by atoms with Crippen LogP contribution in [-0.2, 0) is 16.3 Å². The van der Waals surface area contributed by atoms with Crippen LogP contribution in [0, 0.1) is 5.82 Å². The van der Waals surface area contributed by atoms with Crippen molar-refractivity contribution in [3.63, 3.8) is 0 Å². The maximum atomic E-state index is 13.7. The van der Waals surface area contributed by atoms with Gasteiger partial charge in [0.15, 0.2) is 9.84 Å². The molecule has 0 fully saturated rings. The second-order valence-electron chi connectivity index (χ2n) is 6.93. The smallest absolute Gasteiger partial charge is 0.190 e. The SMILES string of the molecule is CCc1ccc(-c2ccc(P)cc2F)cc1.CS(=O)(=O)c1cc2cc(Cl)ccc2[nH]1. The lowest BCUT2D eigenvalue weighted by molar-refractivity contribution is 0.599. The highest BCUT2D eigenvalue weighted by molar-refractivity contribution is 7.90. The Hall–Kier alpha value is -2.20. The molecular weight excluding hydrogens is 440 g/mol. The van der Waals surface area contributed by atoms with Crippen LogP contribution in [0.25, 0.3) is 22.0 Å². The second kappa shape index (κ2) is 9.30. The van der Waals surface area contributed by atoms with Crippen LogP contribution in [0.4, 0.5) is 4.39 Å². The second-order valence-corrected chi connectivity index (χ2v) is 10.0. The highest BCUT2D eigenvalue weighted by Crippen LogP contribution is 2.23. The van der Waals surface area contributed by atoms with Gasteiger partial charge in [-0.25, -0.2) is 12.8 Å². The number of rotatable bonds is 3. The Balaban J connectivity index is 0.000000172. The monoisotopic (exact) mass is 461 g/mol. The van der Waals surface area contributed by atoms with E-state index in [0.717, 1.165) is 28.2 Å². The highest BCUT2D eigenvalue weighted by atomic mass is 35.5. The molecule has 1 heterocycles. The van der Waals surface area contributed by atoms with Crippen molar-refractivity contribution in [2.75, 3.05) is 6.26 Å². The molecule has 7 heteroatoms. The standard InChI is InChI=1S/C14H14FP.C9H8ClNO2S/c1-2-10-3-5-11(6-4-10)13-8-7-12(16)9-14(13)15;1-14(12,13)9-5-6-4-7(10)2-3-8(6)11-9/h3-9H,2,16H2,1H3;2-5,11H,1H3. The van der Waals surface area contributed by atoms with Gasteiger partial charge < -0.3 is 4.98 Å². The van der Waals surface area contributed by atoms with Crippen LogP contribution in [0.3, 0.4) is 0 Å². The van der Waals surface area contributed by atoms with Crippen LogP contribution in [0.2, 0.25) is 5.02 Å². The van der Waals surface area contributed by atoms with Gasteiger partial charge in [-0.2, -0.15) is 0 Å². The molecule has 30 heavy (non-hydrogen) atoms. The Bertz CT molecular complexity index is 1280. The number of aromatic nitrogens is 1. The van der Waals surface area contributed by atoms with Crippen molar-refractivity contribution in [1.82, 2.24) is 4.98 Å². The topological polar surface area (TPSA) is 49.9 Å². The molecule has 3 nitrogen and oxygen atoms in total. The first-order valence-electron chi connectivity index (χ1n) is 9.30. The lowest BCUT2D eigenvalue weighted by Gasteiger charge is -2.05. The van der Waals surface area contributed by atoms with Crippen LogP contribution >= 0.6 is 20.8 Å². The molecule has 4 aromatic rings. The zero-order valence-electron chi connectivity index (χ0n) is 16.6. The summed E-state index contributed by atoms with van der Waals surface area (Å²) in [4.78, 5) is 2.82. The van der Waals surface area contributed by atoms with E-state index in [1.165, 1.54) is 17.9 Å². The fraction of sp³-hybridized carbons (Fsp3) is 0.130. The summed E-state index contributed by atoms with van der Waals surface area (Å²) in [5.74, 6) is -0.170. The van der Waals surface area contributed by atoms with Crippen molar-refractivity contribution in [3.8, 4) is 11.1 Å². The summed E-state index contributed by atoms with van der Waals surface area (Å²) in [7, 11) is -0.678. The van der Waals surface area contributed by atoms with Gasteiger partial charge in [-0.05, 0) is 53.2 Å². The molecule has 0 bridgehead atoms. The summed E-state index contributed by atoms with van der Waals surface area (Å²) < 4.78 is 36.2. The first-order valence-corrected chi connectivity index (χ1v) is 12.1. The molecule has 1 unspecified atom stereocenters. The zero-order chi connectivity index (χ0) is 21.9. The van der Waals surface area contributed by atoms with E-state index in [0.29, 0.717) is 10.6 Å². The van der Waals surface area contributed by atoms with Gasteiger partial charge in [0, 0.05) is 27.7 Å². The molecule has 0 spiro atoms. The van der Waals surface area contributed by atoms with Gasteiger partial charge in [0.1, 0.15) is 10.8 Å². The Morgan fingerprint density at radius 1 is 1.00 bits per heavy atom. The number of nitrogens with one attached hydrogen (secondary N) is 1. The normalized spacial score (nSPS) is 11.2. The van der Waals surface area contributed by atoms with E-state index >= 15 is 0 Å². The van der Waals surface area contributed by atoms with Crippen LogP contribution in [0.5, 0.6) is 0 Å². The van der Waals surface area contributed by atoms with Gasteiger partial charge in [-0.15, -0.1) is 9.24 Å². The molecule has 1 atom stereocenters. The van der Waals surface area contributed by atoms with Gasteiger partial charge in [0.25, 0.3) is 0 Å². The fourth-order valence-electron chi connectivity index (χ4n) is 2.96. The Morgan fingerprint density at radius 2 is 1.70 bits per heavy atom. The quantitative estimate of drug-likeness (QED) is 0.393. The van der Waals surface area contributed by atoms with Gasteiger partial charge in [0.05, 0.1) is 0 Å². The first-order chi connectivity index (χ1) is 14.2. The van der Waals surface area contributed by atoms with E-state index < -0.39 is 9.84 Å². The van der Waals surface area contributed by atoms with Crippen molar-refractivity contribution in [1.29, 1.82) is 0 Å². The van der Waals surface area contributed by atoms with Crippen LogP contribution < -0.4 is 5.30 Å². The highest BCUT2D eigenvalue weighted by Gasteiger charge is 2.10. The number of sulfone groups is 1. The van der Waals surface area contributed by atoms with E-state index in [4.69, 9.17) is 11.6 Å². The molecule has 0 amide bonds. The molecule has 0 aliphatic heterocycles.